The fraction of sp³-hybridized carbons (Fsp3) is 0.158. The number of nitrogens with zero attached hydrogens (tertiary/aromatic N) is 3. The number of rotatable bonds is 5. The van der Waals surface area contributed by atoms with Crippen molar-refractivity contribution in [2.75, 3.05) is 7.05 Å². The van der Waals surface area contributed by atoms with Crippen molar-refractivity contribution in [1.29, 1.82) is 0 Å². The normalized spacial score (nSPS) is 11.4. The molecule has 25 heavy (non-hydrogen) atoms. The van der Waals surface area contributed by atoms with Crippen LogP contribution in [0.4, 0.5) is 4.39 Å². The monoisotopic (exact) mass is 337 g/mol. The fourth-order valence-electron chi connectivity index (χ4n) is 2.42. The van der Waals surface area contributed by atoms with E-state index < -0.39 is 0 Å². The summed E-state index contributed by atoms with van der Waals surface area (Å²) in [5.74, 6) is 0.402. The van der Waals surface area contributed by atoms with E-state index in [9.17, 15) is 4.39 Å². The van der Waals surface area contributed by atoms with Crippen LogP contribution in [-0.2, 0) is 13.1 Å². The van der Waals surface area contributed by atoms with Crippen LogP contribution in [0.3, 0.4) is 0 Å². The molecule has 1 heterocycles. The van der Waals surface area contributed by atoms with Gasteiger partial charge in [-0.05, 0) is 29.8 Å². The third kappa shape index (κ3) is 4.44. The predicted molar refractivity (Wildman–Crippen MR) is 97.0 cm³/mol. The molecule has 3 rings (SSSR count). The lowest BCUT2D eigenvalue weighted by atomic mass is 10.2. The minimum Gasteiger partial charge on any atom is -0.352 e. The van der Waals surface area contributed by atoms with Gasteiger partial charge in [0.05, 0.1) is 5.69 Å². The molecule has 0 aliphatic carbocycles. The smallest absolute Gasteiger partial charge is 0.191 e. The van der Waals surface area contributed by atoms with Gasteiger partial charge in [-0.2, -0.15) is 5.10 Å². The zero-order valence-corrected chi connectivity index (χ0v) is 14.0. The Labute approximate surface area is 146 Å². The molecule has 2 aromatic carbocycles. The van der Waals surface area contributed by atoms with Gasteiger partial charge in [-0.1, -0.05) is 30.3 Å². The van der Waals surface area contributed by atoms with Crippen molar-refractivity contribution in [2.24, 2.45) is 4.99 Å². The Balaban J connectivity index is 1.53. The van der Waals surface area contributed by atoms with Crippen LogP contribution in [0.25, 0.3) is 5.69 Å². The Morgan fingerprint density at radius 2 is 1.80 bits per heavy atom. The number of hydrogen-bond acceptors (Lipinski definition) is 2. The summed E-state index contributed by atoms with van der Waals surface area (Å²) < 4.78 is 15.5. The van der Waals surface area contributed by atoms with Crippen molar-refractivity contribution in [1.82, 2.24) is 20.4 Å². The Morgan fingerprint density at radius 1 is 1.04 bits per heavy atom. The van der Waals surface area contributed by atoms with Crippen LogP contribution in [0.1, 0.15) is 11.1 Å². The number of hydrogen-bond donors (Lipinski definition) is 2. The van der Waals surface area contributed by atoms with E-state index in [1.807, 2.05) is 47.3 Å². The first-order valence-corrected chi connectivity index (χ1v) is 8.03. The van der Waals surface area contributed by atoms with E-state index in [2.05, 4.69) is 20.7 Å². The van der Waals surface area contributed by atoms with Crippen LogP contribution < -0.4 is 10.6 Å². The molecule has 6 heteroatoms. The van der Waals surface area contributed by atoms with Gasteiger partial charge in [0, 0.05) is 38.1 Å². The first-order chi connectivity index (χ1) is 12.3. The minimum atomic E-state index is -0.223. The van der Waals surface area contributed by atoms with Gasteiger partial charge in [-0.3, -0.25) is 4.99 Å². The van der Waals surface area contributed by atoms with Crippen LogP contribution in [0.5, 0.6) is 0 Å². The van der Waals surface area contributed by atoms with E-state index in [0.717, 1.165) is 11.3 Å². The molecule has 0 spiro atoms. The zero-order valence-electron chi connectivity index (χ0n) is 14.0. The highest BCUT2D eigenvalue weighted by Gasteiger charge is 2.03. The lowest BCUT2D eigenvalue weighted by molar-refractivity contribution is 0.604. The fourth-order valence-corrected chi connectivity index (χ4v) is 2.42. The summed E-state index contributed by atoms with van der Waals surface area (Å²) in [6, 6.07) is 16.7. The second kappa shape index (κ2) is 8.10. The van der Waals surface area contributed by atoms with Gasteiger partial charge in [0.25, 0.3) is 0 Å². The molecular weight excluding hydrogens is 317 g/mol. The quantitative estimate of drug-likeness (QED) is 0.556. The van der Waals surface area contributed by atoms with E-state index in [0.29, 0.717) is 24.6 Å². The summed E-state index contributed by atoms with van der Waals surface area (Å²) in [6.07, 6.45) is 3.66. The summed E-state index contributed by atoms with van der Waals surface area (Å²) in [6.45, 7) is 1.00. The van der Waals surface area contributed by atoms with Crippen molar-refractivity contribution < 1.29 is 4.39 Å². The molecule has 0 saturated carbocycles. The van der Waals surface area contributed by atoms with Crippen LogP contribution in [0.15, 0.2) is 72.0 Å². The highest BCUT2D eigenvalue weighted by molar-refractivity contribution is 5.79. The van der Waals surface area contributed by atoms with Crippen molar-refractivity contribution in [3.63, 3.8) is 0 Å². The molecule has 1 aromatic heterocycles. The molecule has 0 atom stereocenters. The van der Waals surface area contributed by atoms with Gasteiger partial charge in [-0.25, -0.2) is 9.07 Å². The summed E-state index contributed by atoms with van der Waals surface area (Å²) in [5.41, 5.74) is 2.73. The van der Waals surface area contributed by atoms with Crippen LogP contribution in [0, 0.1) is 5.82 Å². The lowest BCUT2D eigenvalue weighted by Gasteiger charge is -2.12. The molecule has 2 N–H and O–H groups in total. The molecule has 0 saturated heterocycles. The standard InChI is InChI=1S/C19H20FN5/c1-21-19(23-14-16-5-2-3-6-18(16)20)22-13-15-7-9-17(10-8-15)25-12-4-11-24-25/h2-12H,13-14H2,1H3,(H2,21,22,23). The maximum absolute atomic E-state index is 13.6. The largest absolute Gasteiger partial charge is 0.352 e. The molecule has 0 amide bonds. The Kier molecular flexibility index (Phi) is 5.41. The third-order valence-corrected chi connectivity index (χ3v) is 3.79. The first kappa shape index (κ1) is 16.7. The SMILES string of the molecule is CN=C(NCc1ccc(-n2cccn2)cc1)NCc1ccccc1F. The van der Waals surface area contributed by atoms with E-state index in [1.165, 1.54) is 6.07 Å². The van der Waals surface area contributed by atoms with Gasteiger partial charge in [0.2, 0.25) is 0 Å². The van der Waals surface area contributed by atoms with E-state index in [1.54, 1.807) is 25.4 Å². The average molecular weight is 337 g/mol. The van der Waals surface area contributed by atoms with Crippen molar-refractivity contribution >= 4 is 5.96 Å². The van der Waals surface area contributed by atoms with E-state index in [-0.39, 0.29) is 5.82 Å². The van der Waals surface area contributed by atoms with Crippen LogP contribution in [-0.4, -0.2) is 22.8 Å². The summed E-state index contributed by atoms with van der Waals surface area (Å²) in [5, 5.41) is 10.5. The molecule has 5 nitrogen and oxygen atoms in total. The highest BCUT2D eigenvalue weighted by Crippen LogP contribution is 2.08. The average Bonchev–Trinajstić information content (AvgIpc) is 3.18. The molecule has 0 aliphatic heterocycles. The molecular formula is C19H20FN5. The van der Waals surface area contributed by atoms with Crippen molar-refractivity contribution in [3.05, 3.63) is 83.9 Å². The van der Waals surface area contributed by atoms with Gasteiger partial charge >= 0.3 is 0 Å². The topological polar surface area (TPSA) is 54.2 Å². The van der Waals surface area contributed by atoms with Crippen molar-refractivity contribution in [3.8, 4) is 5.69 Å². The van der Waals surface area contributed by atoms with Crippen molar-refractivity contribution in [2.45, 2.75) is 13.1 Å². The van der Waals surface area contributed by atoms with Gasteiger partial charge in [-0.15, -0.1) is 0 Å². The summed E-state index contributed by atoms with van der Waals surface area (Å²) in [4.78, 5) is 4.16. The lowest BCUT2D eigenvalue weighted by Crippen LogP contribution is -2.36. The number of aromatic nitrogens is 2. The maximum Gasteiger partial charge on any atom is 0.191 e. The number of guanidine groups is 1. The summed E-state index contributed by atoms with van der Waals surface area (Å²) >= 11 is 0. The van der Waals surface area contributed by atoms with E-state index in [4.69, 9.17) is 0 Å². The Morgan fingerprint density at radius 3 is 2.48 bits per heavy atom. The molecule has 3 aromatic rings. The predicted octanol–water partition coefficient (Wildman–Crippen LogP) is 2.88. The van der Waals surface area contributed by atoms with Gasteiger partial charge in [0.1, 0.15) is 5.82 Å². The second-order valence-electron chi connectivity index (χ2n) is 5.49. The van der Waals surface area contributed by atoms with Gasteiger partial charge in [0.15, 0.2) is 5.96 Å². The molecule has 0 radical (unpaired) electrons. The zero-order chi connectivity index (χ0) is 17.5. The number of benzene rings is 2. The van der Waals surface area contributed by atoms with E-state index >= 15 is 0 Å². The highest BCUT2D eigenvalue weighted by atomic mass is 19.1. The van der Waals surface area contributed by atoms with Crippen LogP contribution >= 0.6 is 0 Å². The molecule has 0 fully saturated rings. The summed E-state index contributed by atoms with van der Waals surface area (Å²) in [7, 11) is 1.69. The minimum absolute atomic E-state index is 0.223. The maximum atomic E-state index is 13.6. The van der Waals surface area contributed by atoms with Gasteiger partial charge < -0.3 is 10.6 Å². The first-order valence-electron chi connectivity index (χ1n) is 8.03. The third-order valence-electron chi connectivity index (χ3n) is 3.79. The molecule has 0 bridgehead atoms. The van der Waals surface area contributed by atoms with Crippen LogP contribution in [0.2, 0.25) is 0 Å². The number of nitrogens with one attached hydrogen (secondary N) is 2. The molecule has 0 aliphatic rings. The Hall–Kier alpha value is -3.15. The second-order valence-corrected chi connectivity index (χ2v) is 5.49. The number of aliphatic imine (C=N–C) groups is 1. The number of halogens is 1. The molecule has 128 valence electrons. The Bertz CT molecular complexity index is 825. The molecule has 0 unspecified atom stereocenters.